The van der Waals surface area contributed by atoms with E-state index in [4.69, 9.17) is 4.74 Å². The quantitative estimate of drug-likeness (QED) is 0.819. The maximum absolute atomic E-state index is 11.9. The maximum atomic E-state index is 11.9. The van der Waals surface area contributed by atoms with Crippen LogP contribution in [0.25, 0.3) is 0 Å². The van der Waals surface area contributed by atoms with E-state index < -0.39 is 0 Å². The van der Waals surface area contributed by atoms with Gasteiger partial charge in [-0.3, -0.25) is 0 Å². The number of nitrogens with zero attached hydrogens (tertiary/aromatic N) is 2. The summed E-state index contributed by atoms with van der Waals surface area (Å²) in [6.45, 7) is 7.31. The molecule has 0 aliphatic rings. The lowest BCUT2D eigenvalue weighted by molar-refractivity contribution is 0.157. The van der Waals surface area contributed by atoms with Gasteiger partial charge in [0.1, 0.15) is 5.75 Å². The Labute approximate surface area is 116 Å². The summed E-state index contributed by atoms with van der Waals surface area (Å²) in [4.78, 5) is 15.7. The SMILES string of the molecule is CCN(CC)C(=O)Oc1cccc([C@H](C)N(C)C)c1. The summed E-state index contributed by atoms with van der Waals surface area (Å²) in [7, 11) is 4.05. The van der Waals surface area contributed by atoms with E-state index in [1.54, 1.807) is 4.90 Å². The zero-order valence-electron chi connectivity index (χ0n) is 12.5. The molecule has 0 bridgehead atoms. The molecule has 0 saturated heterocycles. The number of amides is 1. The van der Waals surface area contributed by atoms with Gasteiger partial charge >= 0.3 is 6.09 Å². The van der Waals surface area contributed by atoms with E-state index in [1.165, 1.54) is 0 Å². The molecule has 1 rings (SSSR count). The molecule has 0 radical (unpaired) electrons. The third-order valence-corrected chi connectivity index (χ3v) is 3.34. The highest BCUT2D eigenvalue weighted by Crippen LogP contribution is 2.22. The normalized spacial score (nSPS) is 12.3. The van der Waals surface area contributed by atoms with Crippen LogP contribution in [0.5, 0.6) is 5.75 Å². The highest BCUT2D eigenvalue weighted by atomic mass is 16.6. The summed E-state index contributed by atoms with van der Waals surface area (Å²) in [6, 6.07) is 7.98. The summed E-state index contributed by atoms with van der Waals surface area (Å²) < 4.78 is 5.40. The van der Waals surface area contributed by atoms with Crippen molar-refractivity contribution in [2.24, 2.45) is 0 Å². The minimum Gasteiger partial charge on any atom is -0.410 e. The molecule has 0 spiro atoms. The summed E-state index contributed by atoms with van der Waals surface area (Å²) in [6.07, 6.45) is -0.292. The van der Waals surface area contributed by atoms with Crippen molar-refractivity contribution in [3.63, 3.8) is 0 Å². The van der Waals surface area contributed by atoms with Crippen LogP contribution in [0.4, 0.5) is 4.79 Å². The number of ether oxygens (including phenoxy) is 1. The molecular formula is C15H24N2O2. The van der Waals surface area contributed by atoms with Crippen molar-refractivity contribution in [3.05, 3.63) is 29.8 Å². The van der Waals surface area contributed by atoms with Gasteiger partial charge in [-0.25, -0.2) is 4.79 Å². The highest BCUT2D eigenvalue weighted by Gasteiger charge is 2.13. The van der Waals surface area contributed by atoms with E-state index in [1.807, 2.05) is 52.2 Å². The molecule has 0 N–H and O–H groups in total. The van der Waals surface area contributed by atoms with Gasteiger partial charge in [0, 0.05) is 19.1 Å². The Kier molecular flexibility index (Phi) is 5.83. The molecule has 0 fully saturated rings. The smallest absolute Gasteiger partial charge is 0.410 e. The van der Waals surface area contributed by atoms with Gasteiger partial charge in [0.05, 0.1) is 0 Å². The molecule has 1 aromatic rings. The molecule has 0 aromatic heterocycles. The molecular weight excluding hydrogens is 240 g/mol. The van der Waals surface area contributed by atoms with Crippen LogP contribution in [0, 0.1) is 0 Å². The van der Waals surface area contributed by atoms with Crippen LogP contribution in [0.15, 0.2) is 24.3 Å². The Morgan fingerprint density at radius 1 is 1.26 bits per heavy atom. The van der Waals surface area contributed by atoms with Gasteiger partial charge in [-0.15, -0.1) is 0 Å². The number of benzene rings is 1. The van der Waals surface area contributed by atoms with Crippen LogP contribution >= 0.6 is 0 Å². The van der Waals surface area contributed by atoms with Crippen molar-refractivity contribution in [2.75, 3.05) is 27.2 Å². The zero-order valence-corrected chi connectivity index (χ0v) is 12.5. The van der Waals surface area contributed by atoms with Crippen LogP contribution < -0.4 is 4.74 Å². The first-order valence-corrected chi connectivity index (χ1v) is 6.72. The van der Waals surface area contributed by atoms with Crippen LogP contribution in [0.1, 0.15) is 32.4 Å². The number of hydrogen-bond acceptors (Lipinski definition) is 3. The Morgan fingerprint density at radius 2 is 1.89 bits per heavy atom. The second kappa shape index (κ2) is 7.14. The number of carbonyl (C=O) groups excluding carboxylic acids is 1. The zero-order chi connectivity index (χ0) is 14.4. The van der Waals surface area contributed by atoms with Gasteiger partial charge in [0.15, 0.2) is 0 Å². The van der Waals surface area contributed by atoms with Crippen molar-refractivity contribution < 1.29 is 9.53 Å². The highest BCUT2D eigenvalue weighted by molar-refractivity contribution is 5.70. The van der Waals surface area contributed by atoms with Gasteiger partial charge in [-0.1, -0.05) is 12.1 Å². The lowest BCUT2D eigenvalue weighted by Gasteiger charge is -2.21. The fraction of sp³-hybridized carbons (Fsp3) is 0.533. The van der Waals surface area contributed by atoms with E-state index in [0.29, 0.717) is 18.8 Å². The van der Waals surface area contributed by atoms with E-state index in [0.717, 1.165) is 5.56 Å². The van der Waals surface area contributed by atoms with Gasteiger partial charge in [-0.2, -0.15) is 0 Å². The molecule has 0 aliphatic carbocycles. The first-order chi connectivity index (χ1) is 8.99. The maximum Gasteiger partial charge on any atom is 0.415 e. The first kappa shape index (κ1) is 15.5. The monoisotopic (exact) mass is 264 g/mol. The van der Waals surface area contributed by atoms with E-state index in [2.05, 4.69) is 11.8 Å². The first-order valence-electron chi connectivity index (χ1n) is 6.72. The molecule has 0 heterocycles. The molecule has 4 nitrogen and oxygen atoms in total. The average Bonchev–Trinajstić information content (AvgIpc) is 2.39. The van der Waals surface area contributed by atoms with Gasteiger partial charge in [0.2, 0.25) is 0 Å². The Bertz CT molecular complexity index is 414. The molecule has 0 unspecified atom stereocenters. The predicted molar refractivity (Wildman–Crippen MR) is 77.5 cm³/mol. The van der Waals surface area contributed by atoms with Gasteiger partial charge in [0.25, 0.3) is 0 Å². The van der Waals surface area contributed by atoms with Crippen LogP contribution in [0.3, 0.4) is 0 Å². The number of carbonyl (C=O) groups is 1. The van der Waals surface area contributed by atoms with Crippen LogP contribution in [0.2, 0.25) is 0 Å². The van der Waals surface area contributed by atoms with E-state index in [9.17, 15) is 4.79 Å². The van der Waals surface area contributed by atoms with E-state index in [-0.39, 0.29) is 12.1 Å². The third-order valence-electron chi connectivity index (χ3n) is 3.34. The van der Waals surface area contributed by atoms with Crippen LogP contribution in [-0.4, -0.2) is 43.1 Å². The van der Waals surface area contributed by atoms with Crippen LogP contribution in [-0.2, 0) is 0 Å². The molecule has 4 heteroatoms. The largest absolute Gasteiger partial charge is 0.415 e. The summed E-state index contributed by atoms with van der Waals surface area (Å²) >= 11 is 0. The standard InChI is InChI=1S/C15H24N2O2/c1-6-17(7-2)15(18)19-14-10-8-9-13(11-14)12(3)16(4)5/h8-12H,6-7H2,1-5H3/t12-/m0/s1. The third kappa shape index (κ3) is 4.24. The van der Waals surface area contributed by atoms with E-state index >= 15 is 0 Å². The van der Waals surface area contributed by atoms with Crippen molar-refractivity contribution in [3.8, 4) is 5.75 Å². The summed E-state index contributed by atoms with van der Waals surface area (Å²) in [5, 5.41) is 0. The predicted octanol–water partition coefficient (Wildman–Crippen LogP) is 3.15. The van der Waals surface area contributed by atoms with Gasteiger partial charge < -0.3 is 14.5 Å². The summed E-state index contributed by atoms with van der Waals surface area (Å²) in [5.41, 5.74) is 1.13. The fourth-order valence-corrected chi connectivity index (χ4v) is 1.78. The number of hydrogen-bond donors (Lipinski definition) is 0. The van der Waals surface area contributed by atoms with Gasteiger partial charge in [-0.05, 0) is 52.6 Å². The molecule has 106 valence electrons. The lowest BCUT2D eigenvalue weighted by atomic mass is 10.1. The van der Waals surface area contributed by atoms with Crippen molar-refractivity contribution in [1.82, 2.24) is 9.80 Å². The Morgan fingerprint density at radius 3 is 2.42 bits per heavy atom. The molecule has 1 amide bonds. The average molecular weight is 264 g/mol. The minimum absolute atomic E-state index is 0.284. The molecule has 1 aromatic carbocycles. The van der Waals surface area contributed by atoms with Crippen molar-refractivity contribution in [2.45, 2.75) is 26.8 Å². The number of rotatable bonds is 5. The summed E-state index contributed by atoms with van der Waals surface area (Å²) in [5.74, 6) is 0.600. The van der Waals surface area contributed by atoms with Crippen molar-refractivity contribution in [1.29, 1.82) is 0 Å². The van der Waals surface area contributed by atoms with Crippen molar-refractivity contribution >= 4 is 6.09 Å². The Hall–Kier alpha value is -1.55. The second-order valence-electron chi connectivity index (χ2n) is 4.75. The topological polar surface area (TPSA) is 32.8 Å². The molecule has 1 atom stereocenters. The molecule has 0 saturated carbocycles. The Balaban J connectivity index is 2.80. The second-order valence-corrected chi connectivity index (χ2v) is 4.75. The molecule has 0 aliphatic heterocycles. The lowest BCUT2D eigenvalue weighted by Crippen LogP contribution is -2.33. The fourth-order valence-electron chi connectivity index (χ4n) is 1.78. The molecule has 19 heavy (non-hydrogen) atoms. The minimum atomic E-state index is -0.292.